The van der Waals surface area contributed by atoms with E-state index in [4.69, 9.17) is 0 Å². The highest BCUT2D eigenvalue weighted by atomic mass is 15.3. The van der Waals surface area contributed by atoms with Crippen LogP contribution < -0.4 is 5.32 Å². The zero-order chi connectivity index (χ0) is 14.4. The van der Waals surface area contributed by atoms with E-state index < -0.39 is 0 Å². The maximum Gasteiger partial charge on any atom is 0.0644 e. The summed E-state index contributed by atoms with van der Waals surface area (Å²) in [6, 6.07) is 0.393. The topological polar surface area (TPSA) is 29.9 Å². The molecule has 19 heavy (non-hydrogen) atoms. The molecule has 1 aromatic rings. The van der Waals surface area contributed by atoms with Gasteiger partial charge in [-0.25, -0.2) is 0 Å². The highest BCUT2D eigenvalue weighted by Gasteiger charge is 2.16. The summed E-state index contributed by atoms with van der Waals surface area (Å²) in [6.07, 6.45) is 5.26. The minimum Gasteiger partial charge on any atom is -0.310 e. The van der Waals surface area contributed by atoms with E-state index >= 15 is 0 Å². The normalized spacial score (nSPS) is 14.6. The molecule has 0 fully saturated rings. The number of rotatable bonds is 8. The Hall–Kier alpha value is -0.830. The SMILES string of the molecule is CCCCC(CC)CNC(C)c1c(C)nn(C)c1C. The third-order valence-electron chi connectivity index (χ3n) is 4.25. The molecular formula is C16H31N3. The van der Waals surface area contributed by atoms with Crippen molar-refractivity contribution in [1.82, 2.24) is 15.1 Å². The summed E-state index contributed by atoms with van der Waals surface area (Å²) in [5.74, 6) is 0.805. The van der Waals surface area contributed by atoms with Crippen molar-refractivity contribution in [2.24, 2.45) is 13.0 Å². The van der Waals surface area contributed by atoms with Gasteiger partial charge < -0.3 is 5.32 Å². The van der Waals surface area contributed by atoms with Crippen molar-refractivity contribution in [3.63, 3.8) is 0 Å². The molecule has 0 amide bonds. The molecule has 0 saturated heterocycles. The largest absolute Gasteiger partial charge is 0.310 e. The van der Waals surface area contributed by atoms with Gasteiger partial charge in [-0.3, -0.25) is 4.68 Å². The van der Waals surface area contributed by atoms with Gasteiger partial charge in [0, 0.05) is 24.3 Å². The zero-order valence-corrected chi connectivity index (χ0v) is 13.6. The predicted octanol–water partition coefficient (Wildman–Crippen LogP) is 3.90. The molecule has 2 atom stereocenters. The van der Waals surface area contributed by atoms with Crippen LogP contribution in [-0.2, 0) is 7.05 Å². The molecule has 0 spiro atoms. The number of aryl methyl sites for hydroxylation is 2. The lowest BCUT2D eigenvalue weighted by Gasteiger charge is -2.20. The number of nitrogens with one attached hydrogen (secondary N) is 1. The first-order valence-corrected chi connectivity index (χ1v) is 7.74. The molecule has 1 rings (SSSR count). The van der Waals surface area contributed by atoms with Crippen LogP contribution in [0.2, 0.25) is 0 Å². The van der Waals surface area contributed by atoms with Gasteiger partial charge in [0.2, 0.25) is 0 Å². The number of hydrogen-bond acceptors (Lipinski definition) is 2. The molecule has 1 aromatic heterocycles. The van der Waals surface area contributed by atoms with Crippen LogP contribution in [0.15, 0.2) is 0 Å². The highest BCUT2D eigenvalue weighted by molar-refractivity contribution is 5.27. The maximum absolute atomic E-state index is 4.51. The third kappa shape index (κ3) is 4.34. The van der Waals surface area contributed by atoms with Crippen molar-refractivity contribution in [2.75, 3.05) is 6.54 Å². The third-order valence-corrected chi connectivity index (χ3v) is 4.25. The Kier molecular flexibility index (Phi) is 6.56. The summed E-state index contributed by atoms with van der Waals surface area (Å²) in [7, 11) is 2.02. The second-order valence-corrected chi connectivity index (χ2v) is 5.75. The molecule has 0 saturated carbocycles. The van der Waals surface area contributed by atoms with Crippen LogP contribution in [0.3, 0.4) is 0 Å². The Morgan fingerprint density at radius 3 is 2.42 bits per heavy atom. The van der Waals surface area contributed by atoms with Crippen molar-refractivity contribution >= 4 is 0 Å². The standard InChI is InChI=1S/C16H31N3/c1-7-9-10-15(8-2)11-17-12(3)16-13(4)18-19(6)14(16)5/h12,15,17H,7-11H2,1-6H3. The molecule has 0 aromatic carbocycles. The van der Waals surface area contributed by atoms with Gasteiger partial charge in [-0.2, -0.15) is 5.10 Å². The Bertz CT molecular complexity index is 382. The summed E-state index contributed by atoms with van der Waals surface area (Å²) in [4.78, 5) is 0. The van der Waals surface area contributed by atoms with E-state index in [0.717, 1.165) is 18.2 Å². The van der Waals surface area contributed by atoms with Crippen LogP contribution in [-0.4, -0.2) is 16.3 Å². The quantitative estimate of drug-likeness (QED) is 0.772. The van der Waals surface area contributed by atoms with Gasteiger partial charge in [0.25, 0.3) is 0 Å². The number of aromatic nitrogens is 2. The van der Waals surface area contributed by atoms with Crippen LogP contribution >= 0.6 is 0 Å². The molecule has 0 aliphatic rings. The molecule has 0 radical (unpaired) electrons. The second kappa shape index (κ2) is 7.68. The van der Waals surface area contributed by atoms with Gasteiger partial charge in [0.15, 0.2) is 0 Å². The first-order valence-electron chi connectivity index (χ1n) is 7.74. The Morgan fingerprint density at radius 1 is 1.26 bits per heavy atom. The van der Waals surface area contributed by atoms with Crippen molar-refractivity contribution < 1.29 is 0 Å². The van der Waals surface area contributed by atoms with E-state index in [-0.39, 0.29) is 0 Å². The van der Waals surface area contributed by atoms with Crippen LogP contribution in [0.1, 0.15) is 69.4 Å². The lowest BCUT2D eigenvalue weighted by Crippen LogP contribution is -2.26. The molecule has 3 heteroatoms. The molecule has 1 heterocycles. The fourth-order valence-corrected chi connectivity index (χ4v) is 2.81. The average Bonchev–Trinajstić information content (AvgIpc) is 2.63. The minimum absolute atomic E-state index is 0.393. The van der Waals surface area contributed by atoms with Crippen molar-refractivity contribution in [3.8, 4) is 0 Å². The van der Waals surface area contributed by atoms with Crippen LogP contribution in [0, 0.1) is 19.8 Å². The maximum atomic E-state index is 4.51. The molecule has 1 N–H and O–H groups in total. The van der Waals surface area contributed by atoms with Gasteiger partial charge in [-0.1, -0.05) is 33.1 Å². The van der Waals surface area contributed by atoms with Crippen molar-refractivity contribution in [3.05, 3.63) is 17.0 Å². The zero-order valence-electron chi connectivity index (χ0n) is 13.6. The molecule has 0 bridgehead atoms. The first kappa shape index (κ1) is 16.2. The smallest absolute Gasteiger partial charge is 0.0644 e. The van der Waals surface area contributed by atoms with Gasteiger partial charge in [-0.15, -0.1) is 0 Å². The monoisotopic (exact) mass is 265 g/mol. The molecule has 0 aliphatic heterocycles. The van der Waals surface area contributed by atoms with E-state index in [1.807, 2.05) is 11.7 Å². The fraction of sp³-hybridized carbons (Fsp3) is 0.812. The number of unbranched alkanes of at least 4 members (excludes halogenated alkanes) is 1. The lowest BCUT2D eigenvalue weighted by atomic mass is 9.98. The van der Waals surface area contributed by atoms with E-state index in [2.05, 4.69) is 45.0 Å². The molecule has 2 unspecified atom stereocenters. The van der Waals surface area contributed by atoms with E-state index in [0.29, 0.717) is 6.04 Å². The van der Waals surface area contributed by atoms with E-state index in [1.165, 1.54) is 36.9 Å². The number of hydrogen-bond donors (Lipinski definition) is 1. The molecular weight excluding hydrogens is 234 g/mol. The summed E-state index contributed by atoms with van der Waals surface area (Å²) in [6.45, 7) is 12.2. The predicted molar refractivity (Wildman–Crippen MR) is 82.4 cm³/mol. The van der Waals surface area contributed by atoms with E-state index in [9.17, 15) is 0 Å². The van der Waals surface area contributed by atoms with Crippen LogP contribution in [0.5, 0.6) is 0 Å². The van der Waals surface area contributed by atoms with Gasteiger partial charge >= 0.3 is 0 Å². The summed E-state index contributed by atoms with van der Waals surface area (Å²) >= 11 is 0. The van der Waals surface area contributed by atoms with Gasteiger partial charge in [-0.05, 0) is 39.7 Å². The lowest BCUT2D eigenvalue weighted by molar-refractivity contribution is 0.398. The van der Waals surface area contributed by atoms with E-state index in [1.54, 1.807) is 0 Å². The Labute approximate surface area is 118 Å². The molecule has 3 nitrogen and oxygen atoms in total. The fourth-order valence-electron chi connectivity index (χ4n) is 2.81. The summed E-state index contributed by atoms with van der Waals surface area (Å²) < 4.78 is 1.98. The molecule has 0 aliphatic carbocycles. The van der Waals surface area contributed by atoms with Crippen molar-refractivity contribution in [1.29, 1.82) is 0 Å². The summed E-state index contributed by atoms with van der Waals surface area (Å²) in [5.41, 5.74) is 3.80. The van der Waals surface area contributed by atoms with Crippen molar-refractivity contribution in [2.45, 2.75) is 66.3 Å². The van der Waals surface area contributed by atoms with Crippen LogP contribution in [0.4, 0.5) is 0 Å². The minimum atomic E-state index is 0.393. The first-order chi connectivity index (χ1) is 9.01. The second-order valence-electron chi connectivity index (χ2n) is 5.75. The van der Waals surface area contributed by atoms with Gasteiger partial charge in [0.05, 0.1) is 5.69 Å². The average molecular weight is 265 g/mol. The molecule has 110 valence electrons. The van der Waals surface area contributed by atoms with Crippen LogP contribution in [0.25, 0.3) is 0 Å². The Balaban J connectivity index is 2.56. The van der Waals surface area contributed by atoms with Gasteiger partial charge in [0.1, 0.15) is 0 Å². The number of nitrogens with zero attached hydrogens (tertiary/aromatic N) is 2. The Morgan fingerprint density at radius 2 is 1.95 bits per heavy atom. The highest BCUT2D eigenvalue weighted by Crippen LogP contribution is 2.21. The summed E-state index contributed by atoms with van der Waals surface area (Å²) in [5, 5.41) is 8.21.